The fourth-order valence-electron chi connectivity index (χ4n) is 3.56. The van der Waals surface area contributed by atoms with Crippen LogP contribution in [0.15, 0.2) is 76.1 Å². The average Bonchev–Trinajstić information content (AvgIpc) is 2.83. The molecule has 0 unspecified atom stereocenters. The quantitative estimate of drug-likeness (QED) is 0.225. The molecule has 0 saturated heterocycles. The number of halogens is 2. The van der Waals surface area contributed by atoms with Crippen LogP contribution in [-0.2, 0) is 20.2 Å². The van der Waals surface area contributed by atoms with Gasteiger partial charge in [-0.1, -0.05) is 38.4 Å². The molecule has 1 amide bonds. The van der Waals surface area contributed by atoms with Gasteiger partial charge in [0.2, 0.25) is 5.91 Å². The van der Waals surface area contributed by atoms with E-state index in [1.54, 1.807) is 24.3 Å². The Morgan fingerprint density at radius 2 is 1.62 bits per heavy atom. The normalized spacial score (nSPS) is 11.7. The van der Waals surface area contributed by atoms with Crippen LogP contribution in [0.25, 0.3) is 0 Å². The zero-order valence-electron chi connectivity index (χ0n) is 21.3. The predicted molar refractivity (Wildman–Crippen MR) is 151 cm³/mol. The molecule has 0 N–H and O–H groups in total. The van der Waals surface area contributed by atoms with E-state index in [9.17, 15) is 13.2 Å². The molecule has 0 fully saturated rings. The summed E-state index contributed by atoms with van der Waals surface area (Å²) in [5.74, 6) is 0.682. The van der Waals surface area contributed by atoms with E-state index in [1.165, 1.54) is 29.8 Å². The van der Waals surface area contributed by atoms with Crippen LogP contribution < -0.4 is 13.8 Å². The summed E-state index contributed by atoms with van der Waals surface area (Å²) in [5, 5.41) is 0.400. The molecule has 9 heteroatoms. The highest BCUT2D eigenvalue weighted by atomic mass is 79.9. The number of ether oxygens (including phenoxy) is 2. The number of carbonyl (C=O) groups excluding carboxylic acids is 1. The maximum atomic E-state index is 13.5. The molecule has 0 aliphatic rings. The van der Waals surface area contributed by atoms with Crippen molar-refractivity contribution in [1.82, 2.24) is 0 Å². The van der Waals surface area contributed by atoms with Gasteiger partial charge in [-0.15, -0.1) is 0 Å². The number of nitrogens with zero attached hydrogens (tertiary/aromatic N) is 1. The van der Waals surface area contributed by atoms with Crippen molar-refractivity contribution in [1.29, 1.82) is 0 Å². The van der Waals surface area contributed by atoms with Crippen LogP contribution in [0.5, 0.6) is 11.5 Å². The Labute approximate surface area is 232 Å². The molecule has 0 bridgehead atoms. The van der Waals surface area contributed by atoms with Crippen molar-refractivity contribution in [3.8, 4) is 11.5 Å². The first-order valence-corrected chi connectivity index (χ1v) is 14.5. The fourth-order valence-corrected chi connectivity index (χ4v) is 5.63. The lowest BCUT2D eigenvalue weighted by Crippen LogP contribution is -2.37. The van der Waals surface area contributed by atoms with Gasteiger partial charge in [-0.3, -0.25) is 4.79 Å². The van der Waals surface area contributed by atoms with E-state index >= 15 is 0 Å². The van der Waals surface area contributed by atoms with Crippen molar-refractivity contribution < 1.29 is 22.7 Å². The molecule has 198 valence electrons. The van der Waals surface area contributed by atoms with Gasteiger partial charge >= 0.3 is 0 Å². The number of sulfonamides is 1. The van der Waals surface area contributed by atoms with Crippen molar-refractivity contribution in [2.24, 2.45) is 0 Å². The molecule has 0 aliphatic carbocycles. The molecule has 0 aromatic heterocycles. The monoisotopic (exact) mass is 607 g/mol. The van der Waals surface area contributed by atoms with Gasteiger partial charge in [0.15, 0.2) is 0 Å². The smallest absolute Gasteiger partial charge is 0.270 e. The highest BCUT2D eigenvalue weighted by Crippen LogP contribution is 2.32. The highest BCUT2D eigenvalue weighted by molar-refractivity contribution is 9.10. The Kier molecular flexibility index (Phi) is 9.67. The minimum atomic E-state index is -4.17. The van der Waals surface area contributed by atoms with Gasteiger partial charge in [0, 0.05) is 11.4 Å². The summed E-state index contributed by atoms with van der Waals surface area (Å²) in [6, 6.07) is 18.0. The van der Waals surface area contributed by atoms with Crippen molar-refractivity contribution in [2.45, 2.75) is 50.8 Å². The number of amides is 1. The first-order chi connectivity index (χ1) is 17.4. The molecule has 3 aromatic carbocycles. The first-order valence-electron chi connectivity index (χ1n) is 11.9. The van der Waals surface area contributed by atoms with Gasteiger partial charge in [-0.05, 0) is 101 Å². The zero-order valence-corrected chi connectivity index (χ0v) is 24.5. The van der Waals surface area contributed by atoms with Gasteiger partial charge in [0.1, 0.15) is 11.5 Å². The van der Waals surface area contributed by atoms with Gasteiger partial charge in [-0.2, -0.15) is 0 Å². The van der Waals surface area contributed by atoms with Gasteiger partial charge in [0.25, 0.3) is 10.0 Å². The Bertz CT molecular complexity index is 1320. The molecule has 37 heavy (non-hydrogen) atoms. The molecule has 3 aromatic rings. The summed E-state index contributed by atoms with van der Waals surface area (Å²) in [7, 11) is -4.17. The van der Waals surface area contributed by atoms with Crippen LogP contribution in [-0.4, -0.2) is 27.5 Å². The van der Waals surface area contributed by atoms with Crippen LogP contribution in [0.2, 0.25) is 5.02 Å². The summed E-state index contributed by atoms with van der Waals surface area (Å²) >= 11 is 9.49. The maximum absolute atomic E-state index is 13.5. The van der Waals surface area contributed by atoms with E-state index in [1.807, 2.05) is 25.1 Å². The lowest BCUT2D eigenvalue weighted by molar-refractivity contribution is -0.117. The van der Waals surface area contributed by atoms with Crippen LogP contribution in [0.1, 0.15) is 46.1 Å². The van der Waals surface area contributed by atoms with E-state index in [-0.39, 0.29) is 29.0 Å². The first kappa shape index (κ1) is 29.0. The van der Waals surface area contributed by atoms with E-state index < -0.39 is 15.9 Å². The number of benzene rings is 3. The van der Waals surface area contributed by atoms with Crippen LogP contribution in [0.3, 0.4) is 0 Å². The van der Waals surface area contributed by atoms with Crippen molar-refractivity contribution in [3.63, 3.8) is 0 Å². The molecule has 0 radical (unpaired) electrons. The maximum Gasteiger partial charge on any atom is 0.270 e. The van der Waals surface area contributed by atoms with Gasteiger partial charge < -0.3 is 9.47 Å². The molecule has 6 nitrogen and oxygen atoms in total. The molecule has 0 aliphatic heterocycles. The van der Waals surface area contributed by atoms with Crippen molar-refractivity contribution in [2.75, 3.05) is 17.5 Å². The summed E-state index contributed by atoms with van der Waals surface area (Å²) in [5.41, 5.74) is 1.40. The third-order valence-electron chi connectivity index (χ3n) is 5.55. The molecule has 0 saturated carbocycles. The van der Waals surface area contributed by atoms with E-state index in [0.29, 0.717) is 29.5 Å². The number of hydrogen-bond acceptors (Lipinski definition) is 5. The Morgan fingerprint density at radius 3 is 2.19 bits per heavy atom. The molecular formula is C28H31BrClNO5S. The second kappa shape index (κ2) is 12.3. The third kappa shape index (κ3) is 7.49. The highest BCUT2D eigenvalue weighted by Gasteiger charge is 2.30. The van der Waals surface area contributed by atoms with Gasteiger partial charge in [-0.25, -0.2) is 12.7 Å². The predicted octanol–water partition coefficient (Wildman–Crippen LogP) is 7.38. The molecular weight excluding hydrogens is 578 g/mol. The lowest BCUT2D eigenvalue weighted by atomic mass is 9.87. The van der Waals surface area contributed by atoms with Crippen molar-refractivity contribution in [3.05, 3.63) is 81.8 Å². The summed E-state index contributed by atoms with van der Waals surface area (Å²) in [6.45, 7) is 8.98. The van der Waals surface area contributed by atoms with Crippen LogP contribution in [0.4, 0.5) is 5.69 Å². The summed E-state index contributed by atoms with van der Waals surface area (Å²) < 4.78 is 40.0. The number of rotatable bonds is 10. The molecule has 3 rings (SSSR count). The van der Waals surface area contributed by atoms with E-state index in [0.717, 1.165) is 8.78 Å². The Morgan fingerprint density at radius 1 is 0.973 bits per heavy atom. The average molecular weight is 609 g/mol. The second-order valence-corrected chi connectivity index (χ2v) is 12.5. The van der Waals surface area contributed by atoms with Crippen LogP contribution >= 0.6 is 27.5 Å². The fraction of sp³-hybridized carbons (Fsp3) is 0.321. The Balaban J connectivity index is 1.76. The molecule has 0 spiro atoms. The van der Waals surface area contributed by atoms with Crippen molar-refractivity contribution >= 4 is 49.1 Å². The molecule has 0 heterocycles. The minimum Gasteiger partial charge on any atom is -0.494 e. The standard InChI is InChI=1S/C28H31BrClNO5S/c1-5-35-23-13-11-22(12-14-23)31(37(33,34)24-15-9-21(30)10-16-24)27(32)7-6-18-36-26-17-8-20(19-25(26)29)28(2,3)4/h8-17,19H,5-7,18H2,1-4H3. The lowest BCUT2D eigenvalue weighted by Gasteiger charge is -2.23. The summed E-state index contributed by atoms with van der Waals surface area (Å²) in [4.78, 5) is 13.3. The number of carbonyl (C=O) groups is 1. The SMILES string of the molecule is CCOc1ccc(N(C(=O)CCCOc2ccc(C(C)(C)C)cc2Br)S(=O)(=O)c2ccc(Cl)cc2)cc1. The van der Waals surface area contributed by atoms with E-state index in [2.05, 4.69) is 36.7 Å². The number of anilines is 1. The second-order valence-electron chi connectivity index (χ2n) is 9.39. The Hall–Kier alpha value is -2.55. The largest absolute Gasteiger partial charge is 0.494 e. The van der Waals surface area contributed by atoms with Gasteiger partial charge in [0.05, 0.1) is 28.3 Å². The third-order valence-corrected chi connectivity index (χ3v) is 8.19. The van der Waals surface area contributed by atoms with Crippen LogP contribution in [0, 0.1) is 0 Å². The zero-order chi connectivity index (χ0) is 27.2. The molecule has 0 atom stereocenters. The topological polar surface area (TPSA) is 72.9 Å². The number of hydrogen-bond donors (Lipinski definition) is 0. The minimum absolute atomic E-state index is 0.00731. The van der Waals surface area contributed by atoms with E-state index in [4.69, 9.17) is 21.1 Å². The summed E-state index contributed by atoms with van der Waals surface area (Å²) in [6.07, 6.45) is 0.299.